The zero-order valence-corrected chi connectivity index (χ0v) is 13.3. The number of hydrogen-bond acceptors (Lipinski definition) is 2. The largest absolute Gasteiger partial charge is 0.329 e. The second-order valence-electron chi connectivity index (χ2n) is 5.58. The van der Waals surface area contributed by atoms with Crippen molar-refractivity contribution in [1.82, 2.24) is 4.90 Å². The fourth-order valence-corrected chi connectivity index (χ4v) is 2.81. The Morgan fingerprint density at radius 1 is 0.947 bits per heavy atom. The van der Waals surface area contributed by atoms with Crippen LogP contribution in [0.5, 0.6) is 0 Å². The molecular weight excluding hydrogens is 232 g/mol. The molecule has 0 aliphatic heterocycles. The average molecular weight is 262 g/mol. The summed E-state index contributed by atoms with van der Waals surface area (Å²) in [5.41, 5.74) is 11.6. The molecule has 1 aromatic rings. The zero-order chi connectivity index (χ0) is 14.4. The molecule has 0 fully saturated rings. The van der Waals surface area contributed by atoms with Gasteiger partial charge in [-0.25, -0.2) is 0 Å². The summed E-state index contributed by atoms with van der Waals surface area (Å²) in [5.74, 6) is 0. The Balaban J connectivity index is 3.10. The molecule has 0 aliphatic rings. The first-order chi connectivity index (χ1) is 9.04. The fourth-order valence-electron chi connectivity index (χ4n) is 2.81. The molecule has 19 heavy (non-hydrogen) atoms. The number of hydrogen-bond donors (Lipinski definition) is 1. The minimum atomic E-state index is 0.360. The summed E-state index contributed by atoms with van der Waals surface area (Å²) >= 11 is 0. The number of aryl methyl sites for hydroxylation is 3. The van der Waals surface area contributed by atoms with Gasteiger partial charge >= 0.3 is 0 Å². The molecule has 1 unspecified atom stereocenters. The fraction of sp³-hybridized carbons (Fsp3) is 0.647. The highest BCUT2D eigenvalue weighted by molar-refractivity contribution is 5.38. The summed E-state index contributed by atoms with van der Waals surface area (Å²) in [7, 11) is 0. The molecule has 0 amide bonds. The topological polar surface area (TPSA) is 29.3 Å². The molecule has 0 bridgehead atoms. The van der Waals surface area contributed by atoms with Gasteiger partial charge in [0.05, 0.1) is 0 Å². The van der Waals surface area contributed by atoms with E-state index in [1.54, 1.807) is 0 Å². The van der Waals surface area contributed by atoms with Crippen molar-refractivity contribution in [3.05, 3.63) is 34.4 Å². The zero-order valence-electron chi connectivity index (χ0n) is 13.3. The lowest BCUT2D eigenvalue weighted by Gasteiger charge is -2.32. The monoisotopic (exact) mass is 262 g/mol. The molecule has 0 saturated heterocycles. The normalized spacial score (nSPS) is 13.0. The third kappa shape index (κ3) is 4.05. The Labute approximate surface area is 119 Å². The van der Waals surface area contributed by atoms with Gasteiger partial charge in [0.2, 0.25) is 0 Å². The lowest BCUT2D eigenvalue weighted by molar-refractivity contribution is 0.201. The van der Waals surface area contributed by atoms with Gasteiger partial charge in [-0.15, -0.1) is 0 Å². The lowest BCUT2D eigenvalue weighted by Crippen LogP contribution is -2.35. The number of rotatable bonds is 7. The van der Waals surface area contributed by atoms with Crippen LogP contribution >= 0.6 is 0 Å². The smallest absolute Gasteiger partial charge is 0.0473 e. The van der Waals surface area contributed by atoms with E-state index >= 15 is 0 Å². The third-order valence-corrected chi connectivity index (χ3v) is 3.93. The van der Waals surface area contributed by atoms with Gasteiger partial charge in [-0.1, -0.05) is 26.0 Å². The number of benzene rings is 1. The van der Waals surface area contributed by atoms with Gasteiger partial charge in [0, 0.05) is 12.6 Å². The summed E-state index contributed by atoms with van der Waals surface area (Å²) in [6.07, 6.45) is 2.36. The van der Waals surface area contributed by atoms with E-state index < -0.39 is 0 Å². The summed E-state index contributed by atoms with van der Waals surface area (Å²) in [6.45, 7) is 14.0. The van der Waals surface area contributed by atoms with Crippen molar-refractivity contribution < 1.29 is 0 Å². The molecule has 0 aromatic heterocycles. The first-order valence-electron chi connectivity index (χ1n) is 7.56. The van der Waals surface area contributed by atoms with Crippen molar-refractivity contribution in [3.63, 3.8) is 0 Å². The maximum Gasteiger partial charge on any atom is 0.0473 e. The van der Waals surface area contributed by atoms with Crippen molar-refractivity contribution in [2.45, 2.75) is 53.5 Å². The Morgan fingerprint density at radius 2 is 1.47 bits per heavy atom. The second kappa shape index (κ2) is 7.66. The van der Waals surface area contributed by atoms with E-state index in [0.29, 0.717) is 12.6 Å². The van der Waals surface area contributed by atoms with Crippen molar-refractivity contribution in [1.29, 1.82) is 0 Å². The molecule has 2 heteroatoms. The summed E-state index contributed by atoms with van der Waals surface area (Å²) in [4.78, 5) is 2.54. The van der Waals surface area contributed by atoms with E-state index in [1.807, 2.05) is 0 Å². The van der Waals surface area contributed by atoms with Gasteiger partial charge in [0.15, 0.2) is 0 Å². The molecule has 0 radical (unpaired) electrons. The lowest BCUT2D eigenvalue weighted by atomic mass is 9.94. The molecule has 2 nitrogen and oxygen atoms in total. The van der Waals surface area contributed by atoms with Crippen LogP contribution in [0, 0.1) is 20.8 Å². The standard InChI is InChI=1S/C17H30N2/c1-6-8-19(9-7-2)17(12-18)16-11-14(4)13(3)10-15(16)5/h10-11,17H,6-9,12,18H2,1-5H3. The number of nitrogens with zero attached hydrogens (tertiary/aromatic N) is 1. The molecule has 0 spiro atoms. The minimum Gasteiger partial charge on any atom is -0.329 e. The van der Waals surface area contributed by atoms with Gasteiger partial charge in [-0.2, -0.15) is 0 Å². The van der Waals surface area contributed by atoms with Crippen LogP contribution in [0.2, 0.25) is 0 Å². The Kier molecular flexibility index (Phi) is 6.53. The minimum absolute atomic E-state index is 0.360. The highest BCUT2D eigenvalue weighted by atomic mass is 15.2. The van der Waals surface area contributed by atoms with Crippen LogP contribution < -0.4 is 5.73 Å². The number of nitrogens with two attached hydrogens (primary N) is 1. The van der Waals surface area contributed by atoms with Gasteiger partial charge in [0.1, 0.15) is 0 Å². The van der Waals surface area contributed by atoms with E-state index in [1.165, 1.54) is 35.1 Å². The molecule has 1 aromatic carbocycles. The maximum atomic E-state index is 6.08. The van der Waals surface area contributed by atoms with Crippen LogP contribution in [-0.4, -0.2) is 24.5 Å². The van der Waals surface area contributed by atoms with Crippen LogP contribution in [0.1, 0.15) is 55.0 Å². The van der Waals surface area contributed by atoms with Crippen molar-refractivity contribution >= 4 is 0 Å². The van der Waals surface area contributed by atoms with Crippen molar-refractivity contribution in [2.75, 3.05) is 19.6 Å². The summed E-state index contributed by atoms with van der Waals surface area (Å²) in [5, 5.41) is 0. The van der Waals surface area contributed by atoms with Crippen LogP contribution in [0.4, 0.5) is 0 Å². The highest BCUT2D eigenvalue weighted by Crippen LogP contribution is 2.26. The van der Waals surface area contributed by atoms with Gasteiger partial charge in [0.25, 0.3) is 0 Å². The van der Waals surface area contributed by atoms with Crippen LogP contribution in [-0.2, 0) is 0 Å². The predicted octanol–water partition coefficient (Wildman–Crippen LogP) is 3.73. The van der Waals surface area contributed by atoms with Crippen molar-refractivity contribution in [3.8, 4) is 0 Å². The first-order valence-corrected chi connectivity index (χ1v) is 7.56. The summed E-state index contributed by atoms with van der Waals surface area (Å²) in [6, 6.07) is 4.99. The molecule has 2 N–H and O–H groups in total. The predicted molar refractivity (Wildman–Crippen MR) is 84.6 cm³/mol. The average Bonchev–Trinajstić information content (AvgIpc) is 2.37. The van der Waals surface area contributed by atoms with Crippen LogP contribution in [0.3, 0.4) is 0 Å². The molecule has 0 aliphatic carbocycles. The van der Waals surface area contributed by atoms with Crippen LogP contribution in [0.15, 0.2) is 12.1 Å². The second-order valence-corrected chi connectivity index (χ2v) is 5.58. The maximum absolute atomic E-state index is 6.08. The Morgan fingerprint density at radius 3 is 1.95 bits per heavy atom. The Bertz CT molecular complexity index is 392. The molecule has 0 saturated carbocycles. The molecule has 0 heterocycles. The van der Waals surface area contributed by atoms with E-state index in [-0.39, 0.29) is 0 Å². The molecule has 1 rings (SSSR count). The Hall–Kier alpha value is -0.860. The van der Waals surface area contributed by atoms with E-state index in [4.69, 9.17) is 5.73 Å². The quantitative estimate of drug-likeness (QED) is 0.811. The summed E-state index contributed by atoms with van der Waals surface area (Å²) < 4.78 is 0. The first kappa shape index (κ1) is 16.2. The molecule has 1 atom stereocenters. The highest BCUT2D eigenvalue weighted by Gasteiger charge is 2.19. The molecular formula is C17H30N2. The van der Waals surface area contributed by atoms with Crippen LogP contribution in [0.25, 0.3) is 0 Å². The van der Waals surface area contributed by atoms with Crippen molar-refractivity contribution in [2.24, 2.45) is 5.73 Å². The van der Waals surface area contributed by atoms with Gasteiger partial charge in [-0.3, -0.25) is 4.90 Å². The van der Waals surface area contributed by atoms with E-state index in [0.717, 1.165) is 13.1 Å². The van der Waals surface area contributed by atoms with Gasteiger partial charge in [-0.05, 0) is 69.0 Å². The van der Waals surface area contributed by atoms with E-state index in [9.17, 15) is 0 Å². The molecule has 108 valence electrons. The SMILES string of the molecule is CCCN(CCC)C(CN)c1cc(C)c(C)cc1C. The van der Waals surface area contributed by atoms with Gasteiger partial charge < -0.3 is 5.73 Å². The third-order valence-electron chi connectivity index (χ3n) is 3.93. The van der Waals surface area contributed by atoms with E-state index in [2.05, 4.69) is 51.7 Å².